The van der Waals surface area contributed by atoms with Gasteiger partial charge in [-0.05, 0) is 50.5 Å². The lowest BCUT2D eigenvalue weighted by Crippen LogP contribution is -2.02. The lowest BCUT2D eigenvalue weighted by atomic mass is 10.1. The molecule has 0 bridgehead atoms. The molecular weight excluding hydrogens is 294 g/mol. The van der Waals surface area contributed by atoms with Gasteiger partial charge < -0.3 is 9.30 Å². The zero-order valence-electron chi connectivity index (χ0n) is 13.5. The van der Waals surface area contributed by atoms with Crippen molar-refractivity contribution in [3.8, 4) is 5.75 Å². The third-order valence-corrected chi connectivity index (χ3v) is 4.25. The highest BCUT2D eigenvalue weighted by atomic mass is 32.2. The number of thioether (sulfide) groups is 1. The fraction of sp³-hybridized carbons (Fsp3) is 0.412. The molecule has 1 aromatic carbocycles. The normalized spacial score (nSPS) is 10.7. The highest BCUT2D eigenvalue weighted by molar-refractivity contribution is 7.99. The minimum Gasteiger partial charge on any atom is -0.494 e. The smallest absolute Gasteiger partial charge is 0.191 e. The molecule has 2 aromatic rings. The molecule has 0 N–H and O–H groups in total. The molecule has 0 atom stereocenters. The van der Waals surface area contributed by atoms with Gasteiger partial charge in [-0.15, -0.1) is 16.8 Å². The molecule has 0 spiro atoms. The maximum atomic E-state index is 5.82. The summed E-state index contributed by atoms with van der Waals surface area (Å²) in [4.78, 5) is 0. The van der Waals surface area contributed by atoms with Crippen molar-refractivity contribution in [3.63, 3.8) is 0 Å². The molecule has 0 aliphatic carbocycles. The van der Waals surface area contributed by atoms with Crippen molar-refractivity contribution in [1.29, 1.82) is 0 Å². The Bertz CT molecular complexity index is 617. The fourth-order valence-electron chi connectivity index (χ4n) is 2.24. The van der Waals surface area contributed by atoms with Crippen LogP contribution in [0.4, 0.5) is 0 Å². The monoisotopic (exact) mass is 317 g/mol. The molecule has 0 fully saturated rings. The van der Waals surface area contributed by atoms with Crippen LogP contribution < -0.4 is 4.74 Å². The molecule has 0 saturated carbocycles. The average molecular weight is 317 g/mol. The number of hydrogen-bond acceptors (Lipinski definition) is 4. The molecule has 22 heavy (non-hydrogen) atoms. The Morgan fingerprint density at radius 1 is 1.18 bits per heavy atom. The second-order valence-electron chi connectivity index (χ2n) is 5.30. The van der Waals surface area contributed by atoms with E-state index in [2.05, 4.69) is 53.4 Å². The SMILES string of the molecule is C=CCn1c(C)nnc1SCCCOc1cc(C)cc(C)c1. The van der Waals surface area contributed by atoms with Crippen molar-refractivity contribution in [1.82, 2.24) is 14.8 Å². The van der Waals surface area contributed by atoms with Crippen LogP contribution in [0.25, 0.3) is 0 Å². The van der Waals surface area contributed by atoms with Crippen LogP contribution in [0.3, 0.4) is 0 Å². The molecule has 0 unspecified atom stereocenters. The van der Waals surface area contributed by atoms with Crippen molar-refractivity contribution in [2.24, 2.45) is 0 Å². The van der Waals surface area contributed by atoms with E-state index < -0.39 is 0 Å². The molecule has 5 heteroatoms. The highest BCUT2D eigenvalue weighted by Crippen LogP contribution is 2.19. The highest BCUT2D eigenvalue weighted by Gasteiger charge is 2.07. The van der Waals surface area contributed by atoms with Gasteiger partial charge in [0.2, 0.25) is 0 Å². The van der Waals surface area contributed by atoms with E-state index >= 15 is 0 Å². The molecule has 2 rings (SSSR count). The average Bonchev–Trinajstić information content (AvgIpc) is 2.79. The van der Waals surface area contributed by atoms with E-state index in [4.69, 9.17) is 4.74 Å². The number of ether oxygens (including phenoxy) is 1. The molecule has 1 aromatic heterocycles. The van der Waals surface area contributed by atoms with Crippen LogP contribution in [0.5, 0.6) is 5.75 Å². The van der Waals surface area contributed by atoms with E-state index in [1.807, 2.05) is 13.0 Å². The molecule has 4 nitrogen and oxygen atoms in total. The summed E-state index contributed by atoms with van der Waals surface area (Å²) in [6.45, 7) is 11.4. The zero-order valence-corrected chi connectivity index (χ0v) is 14.3. The van der Waals surface area contributed by atoms with Gasteiger partial charge in [-0.2, -0.15) is 0 Å². The van der Waals surface area contributed by atoms with Crippen LogP contribution in [0, 0.1) is 20.8 Å². The van der Waals surface area contributed by atoms with E-state index in [0.717, 1.165) is 35.4 Å². The predicted molar refractivity (Wildman–Crippen MR) is 91.7 cm³/mol. The number of rotatable bonds is 8. The standard InChI is InChI=1S/C17H23N3OS/c1-5-7-20-15(4)18-19-17(20)22-9-6-8-21-16-11-13(2)10-14(3)12-16/h5,10-12H,1,6-9H2,2-4H3. The van der Waals surface area contributed by atoms with Crippen LogP contribution >= 0.6 is 11.8 Å². The van der Waals surface area contributed by atoms with Crippen molar-refractivity contribution in [3.05, 3.63) is 47.8 Å². The summed E-state index contributed by atoms with van der Waals surface area (Å²) < 4.78 is 7.89. The summed E-state index contributed by atoms with van der Waals surface area (Å²) in [5.74, 6) is 2.84. The van der Waals surface area contributed by atoms with Gasteiger partial charge in [0.25, 0.3) is 0 Å². The molecular formula is C17H23N3OS. The van der Waals surface area contributed by atoms with Crippen molar-refractivity contribution in [2.75, 3.05) is 12.4 Å². The molecule has 0 aliphatic rings. The number of benzene rings is 1. The number of allylic oxidation sites excluding steroid dienone is 1. The summed E-state index contributed by atoms with van der Waals surface area (Å²) in [5.41, 5.74) is 2.47. The van der Waals surface area contributed by atoms with Gasteiger partial charge in [0, 0.05) is 12.3 Å². The molecule has 118 valence electrons. The van der Waals surface area contributed by atoms with E-state index in [9.17, 15) is 0 Å². The van der Waals surface area contributed by atoms with E-state index in [0.29, 0.717) is 6.61 Å². The second kappa shape index (κ2) is 8.03. The molecule has 0 radical (unpaired) electrons. The van der Waals surface area contributed by atoms with Crippen LogP contribution in [0.1, 0.15) is 23.4 Å². The second-order valence-corrected chi connectivity index (χ2v) is 6.37. The van der Waals surface area contributed by atoms with Gasteiger partial charge in [-0.25, -0.2) is 0 Å². The Hall–Kier alpha value is -1.75. The van der Waals surface area contributed by atoms with Crippen LogP contribution in [-0.4, -0.2) is 27.1 Å². The van der Waals surface area contributed by atoms with Crippen molar-refractivity contribution in [2.45, 2.75) is 38.9 Å². The fourth-order valence-corrected chi connectivity index (χ4v) is 3.14. The Morgan fingerprint density at radius 2 is 1.91 bits per heavy atom. The zero-order chi connectivity index (χ0) is 15.9. The summed E-state index contributed by atoms with van der Waals surface area (Å²) >= 11 is 1.71. The molecule has 0 saturated heterocycles. The number of aryl methyl sites for hydroxylation is 3. The number of aromatic nitrogens is 3. The van der Waals surface area contributed by atoms with Gasteiger partial charge >= 0.3 is 0 Å². The Kier molecular flexibility index (Phi) is 6.07. The minimum absolute atomic E-state index is 0.713. The summed E-state index contributed by atoms with van der Waals surface area (Å²) in [6.07, 6.45) is 2.83. The quantitative estimate of drug-likeness (QED) is 0.420. The predicted octanol–water partition coefficient (Wildman–Crippen LogP) is 3.95. The first-order chi connectivity index (χ1) is 10.6. The van der Waals surface area contributed by atoms with E-state index in [1.165, 1.54) is 11.1 Å². The Morgan fingerprint density at radius 3 is 2.59 bits per heavy atom. The van der Waals surface area contributed by atoms with Gasteiger partial charge in [-0.3, -0.25) is 0 Å². The van der Waals surface area contributed by atoms with E-state index in [1.54, 1.807) is 11.8 Å². The topological polar surface area (TPSA) is 39.9 Å². The van der Waals surface area contributed by atoms with Gasteiger partial charge in [-0.1, -0.05) is 23.9 Å². The molecule has 1 heterocycles. The van der Waals surface area contributed by atoms with Gasteiger partial charge in [0.1, 0.15) is 11.6 Å². The van der Waals surface area contributed by atoms with Crippen molar-refractivity contribution >= 4 is 11.8 Å². The van der Waals surface area contributed by atoms with Crippen LogP contribution in [-0.2, 0) is 6.54 Å². The lowest BCUT2D eigenvalue weighted by Gasteiger charge is -2.08. The third-order valence-electron chi connectivity index (χ3n) is 3.20. The maximum Gasteiger partial charge on any atom is 0.191 e. The molecule has 0 amide bonds. The Labute approximate surface area is 136 Å². The first-order valence-electron chi connectivity index (χ1n) is 7.44. The van der Waals surface area contributed by atoms with Crippen LogP contribution in [0.15, 0.2) is 36.0 Å². The van der Waals surface area contributed by atoms with Gasteiger partial charge in [0.05, 0.1) is 6.61 Å². The summed E-state index contributed by atoms with van der Waals surface area (Å²) in [5, 5.41) is 9.26. The van der Waals surface area contributed by atoms with Gasteiger partial charge in [0.15, 0.2) is 5.16 Å². The lowest BCUT2D eigenvalue weighted by molar-refractivity contribution is 0.318. The minimum atomic E-state index is 0.713. The summed E-state index contributed by atoms with van der Waals surface area (Å²) in [7, 11) is 0. The largest absolute Gasteiger partial charge is 0.494 e. The number of hydrogen-bond donors (Lipinski definition) is 0. The maximum absolute atomic E-state index is 5.82. The van der Waals surface area contributed by atoms with E-state index in [-0.39, 0.29) is 0 Å². The third kappa shape index (κ3) is 4.63. The Balaban J connectivity index is 1.76. The number of nitrogens with zero attached hydrogens (tertiary/aromatic N) is 3. The first-order valence-corrected chi connectivity index (χ1v) is 8.43. The summed E-state index contributed by atoms with van der Waals surface area (Å²) in [6, 6.07) is 6.30. The molecule has 0 aliphatic heterocycles. The van der Waals surface area contributed by atoms with Crippen LogP contribution in [0.2, 0.25) is 0 Å². The van der Waals surface area contributed by atoms with Crippen molar-refractivity contribution < 1.29 is 4.74 Å². The first kappa shape index (κ1) is 16.6.